The number of rotatable bonds is 7. The highest BCUT2D eigenvalue weighted by Gasteiger charge is 2.21. The fourth-order valence-electron chi connectivity index (χ4n) is 3.16. The fourth-order valence-corrected chi connectivity index (χ4v) is 3.16. The summed E-state index contributed by atoms with van der Waals surface area (Å²) in [5, 5.41) is 3.40. The molecule has 1 aromatic heterocycles. The Morgan fingerprint density at radius 3 is 2.50 bits per heavy atom. The van der Waals surface area contributed by atoms with Crippen LogP contribution in [-0.2, 0) is 0 Å². The molecule has 0 spiro atoms. The minimum atomic E-state index is -0.0465. The normalized spacial score (nSPS) is 15.2. The van der Waals surface area contributed by atoms with Crippen molar-refractivity contribution >= 4 is 35.9 Å². The van der Waals surface area contributed by atoms with Gasteiger partial charge >= 0.3 is 0 Å². The molecule has 0 bridgehead atoms. The average Bonchev–Trinajstić information content (AvgIpc) is 2.77. The highest BCUT2D eigenvalue weighted by molar-refractivity contribution is 14.0. The summed E-state index contributed by atoms with van der Waals surface area (Å²) >= 11 is 0. The van der Waals surface area contributed by atoms with E-state index in [1.54, 1.807) is 19.5 Å². The van der Waals surface area contributed by atoms with E-state index >= 15 is 0 Å². The topological polar surface area (TPSA) is 75.1 Å². The van der Waals surface area contributed by atoms with Crippen molar-refractivity contribution in [3.8, 4) is 11.5 Å². The van der Waals surface area contributed by atoms with E-state index in [9.17, 15) is 0 Å². The van der Waals surface area contributed by atoms with Crippen LogP contribution in [-0.4, -0.2) is 73.3 Å². The zero-order chi connectivity index (χ0) is 20.5. The lowest BCUT2D eigenvalue weighted by Crippen LogP contribution is -2.53. The van der Waals surface area contributed by atoms with Crippen molar-refractivity contribution in [3.63, 3.8) is 0 Å². The maximum atomic E-state index is 5.99. The number of nitrogens with one attached hydrogen (secondary N) is 1. The van der Waals surface area contributed by atoms with Crippen LogP contribution in [0.4, 0.5) is 5.95 Å². The molecule has 0 saturated carbocycles. The summed E-state index contributed by atoms with van der Waals surface area (Å²) in [6, 6.07) is 9.47. The van der Waals surface area contributed by atoms with Crippen LogP contribution >= 0.6 is 24.0 Å². The molecule has 1 fully saturated rings. The molecule has 8 nitrogen and oxygen atoms in total. The van der Waals surface area contributed by atoms with Crippen molar-refractivity contribution in [2.24, 2.45) is 4.99 Å². The molecule has 1 aliphatic heterocycles. The molecule has 1 N–H and O–H groups in total. The smallest absolute Gasteiger partial charge is 0.225 e. The predicted molar refractivity (Wildman–Crippen MR) is 130 cm³/mol. The summed E-state index contributed by atoms with van der Waals surface area (Å²) in [5.41, 5.74) is 0. The summed E-state index contributed by atoms with van der Waals surface area (Å²) in [5.74, 6) is 3.27. The highest BCUT2D eigenvalue weighted by Crippen LogP contribution is 2.20. The molecule has 2 heterocycles. The average molecular weight is 526 g/mol. The van der Waals surface area contributed by atoms with Crippen LogP contribution in [0.2, 0.25) is 0 Å². The summed E-state index contributed by atoms with van der Waals surface area (Å²) in [7, 11) is 1.65. The van der Waals surface area contributed by atoms with Gasteiger partial charge in [-0.3, -0.25) is 0 Å². The van der Waals surface area contributed by atoms with E-state index < -0.39 is 0 Å². The lowest BCUT2D eigenvalue weighted by atomic mass is 10.3. The van der Waals surface area contributed by atoms with Crippen LogP contribution in [0.3, 0.4) is 0 Å². The van der Waals surface area contributed by atoms with Gasteiger partial charge in [-0.05, 0) is 32.0 Å². The zero-order valence-electron chi connectivity index (χ0n) is 17.8. The standard InChI is InChI=1S/C21H30N6O2.HI/c1-4-22-20(25-16-17(2)29-19-8-5-7-18(15-19)28-3)26-11-13-27(14-12-26)21-23-9-6-10-24-21;/h5-10,15,17H,4,11-14,16H2,1-3H3,(H,22,25);1H. The number of aromatic nitrogens is 2. The molecule has 1 atom stereocenters. The Kier molecular flexibility index (Phi) is 9.92. The number of halogens is 1. The van der Waals surface area contributed by atoms with E-state index in [0.29, 0.717) is 6.54 Å². The Balaban J connectivity index is 0.00000320. The molecule has 0 amide bonds. The van der Waals surface area contributed by atoms with Crippen molar-refractivity contribution in [1.82, 2.24) is 20.2 Å². The quantitative estimate of drug-likeness (QED) is 0.338. The predicted octanol–water partition coefficient (Wildman–Crippen LogP) is 2.66. The van der Waals surface area contributed by atoms with Gasteiger partial charge < -0.3 is 24.6 Å². The fraction of sp³-hybridized carbons (Fsp3) is 0.476. The number of benzene rings is 1. The summed E-state index contributed by atoms with van der Waals surface area (Å²) in [4.78, 5) is 18.0. The molecule has 0 aliphatic carbocycles. The van der Waals surface area contributed by atoms with Crippen molar-refractivity contribution in [3.05, 3.63) is 42.7 Å². The van der Waals surface area contributed by atoms with Gasteiger partial charge in [-0.1, -0.05) is 6.07 Å². The van der Waals surface area contributed by atoms with Gasteiger partial charge in [0.25, 0.3) is 0 Å². The number of hydrogen-bond acceptors (Lipinski definition) is 6. The third kappa shape index (κ3) is 6.89. The third-order valence-electron chi connectivity index (χ3n) is 4.63. The number of hydrogen-bond donors (Lipinski definition) is 1. The third-order valence-corrected chi connectivity index (χ3v) is 4.63. The zero-order valence-corrected chi connectivity index (χ0v) is 20.2. The van der Waals surface area contributed by atoms with Gasteiger partial charge in [-0.15, -0.1) is 24.0 Å². The minimum Gasteiger partial charge on any atom is -0.497 e. The highest BCUT2D eigenvalue weighted by atomic mass is 127. The van der Waals surface area contributed by atoms with E-state index in [2.05, 4.69) is 32.0 Å². The molecular formula is C21H31IN6O2. The van der Waals surface area contributed by atoms with E-state index in [-0.39, 0.29) is 30.1 Å². The van der Waals surface area contributed by atoms with Crippen molar-refractivity contribution in [1.29, 1.82) is 0 Å². The molecule has 9 heteroatoms. The largest absolute Gasteiger partial charge is 0.497 e. The first-order valence-corrected chi connectivity index (χ1v) is 10.1. The molecule has 1 unspecified atom stereocenters. The first-order chi connectivity index (χ1) is 14.2. The molecule has 1 aromatic carbocycles. The maximum absolute atomic E-state index is 5.99. The molecule has 164 valence electrons. The van der Waals surface area contributed by atoms with Gasteiger partial charge in [0.15, 0.2) is 5.96 Å². The Labute approximate surface area is 195 Å². The lowest BCUT2D eigenvalue weighted by molar-refractivity contribution is 0.228. The molecule has 2 aromatic rings. The number of ether oxygens (including phenoxy) is 2. The lowest BCUT2D eigenvalue weighted by Gasteiger charge is -2.36. The Bertz CT molecular complexity index is 784. The van der Waals surface area contributed by atoms with Gasteiger partial charge in [0.05, 0.1) is 13.7 Å². The van der Waals surface area contributed by atoms with Crippen molar-refractivity contribution in [2.75, 3.05) is 51.3 Å². The van der Waals surface area contributed by atoms with E-state index in [1.807, 2.05) is 37.3 Å². The summed E-state index contributed by atoms with van der Waals surface area (Å²) in [6.45, 7) is 8.98. The van der Waals surface area contributed by atoms with Gasteiger partial charge in [0.2, 0.25) is 5.95 Å². The second-order valence-electron chi connectivity index (χ2n) is 6.82. The van der Waals surface area contributed by atoms with Crippen LogP contribution in [0, 0.1) is 0 Å². The first kappa shape index (κ1) is 24.0. The van der Waals surface area contributed by atoms with Gasteiger partial charge in [0.1, 0.15) is 17.6 Å². The van der Waals surface area contributed by atoms with Crippen LogP contribution in [0.25, 0.3) is 0 Å². The van der Waals surface area contributed by atoms with Crippen LogP contribution in [0.5, 0.6) is 11.5 Å². The monoisotopic (exact) mass is 526 g/mol. The van der Waals surface area contributed by atoms with E-state index in [0.717, 1.165) is 56.1 Å². The Morgan fingerprint density at radius 1 is 1.13 bits per heavy atom. The minimum absolute atomic E-state index is 0. The number of guanidine groups is 1. The Morgan fingerprint density at radius 2 is 1.83 bits per heavy atom. The molecule has 0 radical (unpaired) electrons. The molecule has 3 rings (SSSR count). The van der Waals surface area contributed by atoms with Gasteiger partial charge in [0, 0.05) is 51.2 Å². The number of anilines is 1. The maximum Gasteiger partial charge on any atom is 0.225 e. The van der Waals surface area contributed by atoms with Gasteiger partial charge in [-0.2, -0.15) is 0 Å². The number of piperazine rings is 1. The SMILES string of the molecule is CCNC(=NCC(C)Oc1cccc(OC)c1)N1CCN(c2ncccn2)CC1.I. The molecular weight excluding hydrogens is 495 g/mol. The number of nitrogens with zero attached hydrogens (tertiary/aromatic N) is 5. The van der Waals surface area contributed by atoms with E-state index in [4.69, 9.17) is 14.5 Å². The first-order valence-electron chi connectivity index (χ1n) is 10.1. The molecule has 30 heavy (non-hydrogen) atoms. The molecule has 1 aliphatic rings. The second kappa shape index (κ2) is 12.4. The Hall–Kier alpha value is -2.30. The molecule has 1 saturated heterocycles. The van der Waals surface area contributed by atoms with Crippen LogP contribution in [0.15, 0.2) is 47.7 Å². The van der Waals surface area contributed by atoms with Crippen molar-refractivity contribution in [2.45, 2.75) is 20.0 Å². The number of methoxy groups -OCH3 is 1. The van der Waals surface area contributed by atoms with Crippen LogP contribution < -0.4 is 19.7 Å². The van der Waals surface area contributed by atoms with Crippen molar-refractivity contribution < 1.29 is 9.47 Å². The second-order valence-corrected chi connectivity index (χ2v) is 6.82. The summed E-state index contributed by atoms with van der Waals surface area (Å²) in [6.07, 6.45) is 3.52. The number of aliphatic imine (C=N–C) groups is 1. The van der Waals surface area contributed by atoms with Gasteiger partial charge in [-0.25, -0.2) is 15.0 Å². The van der Waals surface area contributed by atoms with E-state index in [1.165, 1.54) is 0 Å². The van der Waals surface area contributed by atoms with Crippen LogP contribution in [0.1, 0.15) is 13.8 Å². The summed E-state index contributed by atoms with van der Waals surface area (Å²) < 4.78 is 11.2.